The number of rotatable bonds is 6. The molecule has 4 unspecified atom stereocenters. The maximum Gasteiger partial charge on any atom is 0.0711 e. The van der Waals surface area contributed by atoms with Crippen LogP contribution in [0.2, 0.25) is 0 Å². The maximum absolute atomic E-state index is 5.33. The molecule has 88 valence electrons. The number of methoxy groups -OCH3 is 1. The molecule has 2 fully saturated rings. The lowest BCUT2D eigenvalue weighted by Gasteiger charge is -2.11. The molecule has 1 heterocycles. The van der Waals surface area contributed by atoms with Gasteiger partial charge in [0.2, 0.25) is 0 Å². The summed E-state index contributed by atoms with van der Waals surface area (Å²) in [6, 6.07) is 1.44. The van der Waals surface area contributed by atoms with Crippen LogP contribution < -0.4 is 10.6 Å². The molecule has 1 saturated carbocycles. The number of ether oxygens (including phenoxy) is 1. The van der Waals surface area contributed by atoms with E-state index in [-0.39, 0.29) is 0 Å². The molecular weight excluding hydrogens is 188 g/mol. The third-order valence-electron chi connectivity index (χ3n) is 3.72. The Hall–Kier alpha value is -0.120. The summed E-state index contributed by atoms with van der Waals surface area (Å²) in [5.41, 5.74) is 0. The molecule has 2 rings (SSSR count). The molecule has 2 N–H and O–H groups in total. The van der Waals surface area contributed by atoms with Crippen LogP contribution in [0.4, 0.5) is 0 Å². The standard InChI is InChI=1S/C12H24N2O/c1-3-4-9-5-12(9)14-7-10-6-11(15-2)8-13-10/h9-14H,3-8H2,1-2H3. The van der Waals surface area contributed by atoms with Gasteiger partial charge in [-0.15, -0.1) is 0 Å². The summed E-state index contributed by atoms with van der Waals surface area (Å²) in [4.78, 5) is 0. The lowest BCUT2D eigenvalue weighted by atomic mass is 10.2. The van der Waals surface area contributed by atoms with Gasteiger partial charge in [-0.1, -0.05) is 13.3 Å². The Morgan fingerprint density at radius 1 is 1.40 bits per heavy atom. The number of hydrogen-bond acceptors (Lipinski definition) is 3. The van der Waals surface area contributed by atoms with Gasteiger partial charge in [0.05, 0.1) is 6.10 Å². The Morgan fingerprint density at radius 2 is 2.27 bits per heavy atom. The predicted molar refractivity (Wildman–Crippen MR) is 62.0 cm³/mol. The van der Waals surface area contributed by atoms with E-state index in [9.17, 15) is 0 Å². The first-order valence-electron chi connectivity index (χ1n) is 6.33. The second kappa shape index (κ2) is 5.28. The largest absolute Gasteiger partial charge is 0.380 e. The topological polar surface area (TPSA) is 33.3 Å². The molecule has 3 nitrogen and oxygen atoms in total. The molecule has 0 radical (unpaired) electrons. The van der Waals surface area contributed by atoms with E-state index in [1.807, 2.05) is 0 Å². The van der Waals surface area contributed by atoms with Crippen LogP contribution in [0.15, 0.2) is 0 Å². The lowest BCUT2D eigenvalue weighted by Crippen LogP contribution is -2.35. The number of nitrogens with one attached hydrogen (secondary N) is 2. The molecule has 0 aromatic heterocycles. The second-order valence-electron chi connectivity index (χ2n) is 5.00. The lowest BCUT2D eigenvalue weighted by molar-refractivity contribution is 0.117. The Morgan fingerprint density at radius 3 is 2.93 bits per heavy atom. The van der Waals surface area contributed by atoms with Crippen LogP contribution in [0.1, 0.15) is 32.6 Å². The first-order valence-corrected chi connectivity index (χ1v) is 6.33. The van der Waals surface area contributed by atoms with Crippen molar-refractivity contribution >= 4 is 0 Å². The van der Waals surface area contributed by atoms with E-state index in [4.69, 9.17) is 4.74 Å². The van der Waals surface area contributed by atoms with Crippen molar-refractivity contribution in [3.8, 4) is 0 Å². The summed E-state index contributed by atoms with van der Waals surface area (Å²) in [5.74, 6) is 0.967. The molecule has 4 atom stereocenters. The minimum Gasteiger partial charge on any atom is -0.380 e. The molecule has 2 aliphatic rings. The molecular formula is C12H24N2O. The van der Waals surface area contributed by atoms with Gasteiger partial charge in [-0.2, -0.15) is 0 Å². The zero-order chi connectivity index (χ0) is 10.7. The molecule has 1 aliphatic heterocycles. The number of hydrogen-bond donors (Lipinski definition) is 2. The zero-order valence-electron chi connectivity index (χ0n) is 9.96. The Balaban J connectivity index is 1.56. The Kier molecular flexibility index (Phi) is 4.00. The molecule has 1 aliphatic carbocycles. The summed E-state index contributed by atoms with van der Waals surface area (Å²) in [6.45, 7) is 4.41. The average Bonchev–Trinajstić information content (AvgIpc) is 2.82. The molecule has 0 amide bonds. The molecule has 0 bridgehead atoms. The van der Waals surface area contributed by atoms with Gasteiger partial charge < -0.3 is 15.4 Å². The van der Waals surface area contributed by atoms with Crippen LogP contribution in [0.5, 0.6) is 0 Å². The highest BCUT2D eigenvalue weighted by Gasteiger charge is 2.36. The van der Waals surface area contributed by atoms with Crippen molar-refractivity contribution in [2.45, 2.75) is 50.8 Å². The predicted octanol–water partition coefficient (Wildman–Crippen LogP) is 1.14. The molecule has 1 saturated heterocycles. The van der Waals surface area contributed by atoms with Gasteiger partial charge in [-0.05, 0) is 25.2 Å². The maximum atomic E-state index is 5.33. The van der Waals surface area contributed by atoms with Crippen LogP contribution >= 0.6 is 0 Å². The van der Waals surface area contributed by atoms with Crippen molar-refractivity contribution in [1.82, 2.24) is 10.6 Å². The van der Waals surface area contributed by atoms with Gasteiger partial charge in [0.1, 0.15) is 0 Å². The highest BCUT2D eigenvalue weighted by Crippen LogP contribution is 2.34. The van der Waals surface area contributed by atoms with Crippen molar-refractivity contribution in [2.75, 3.05) is 20.2 Å². The summed E-state index contributed by atoms with van der Waals surface area (Å²) in [6.07, 6.45) is 5.72. The zero-order valence-corrected chi connectivity index (χ0v) is 9.96. The molecule has 3 heteroatoms. The van der Waals surface area contributed by atoms with Crippen LogP contribution in [0.3, 0.4) is 0 Å². The van der Waals surface area contributed by atoms with Crippen LogP contribution in [-0.4, -0.2) is 38.4 Å². The van der Waals surface area contributed by atoms with Gasteiger partial charge in [-0.3, -0.25) is 0 Å². The van der Waals surface area contributed by atoms with Gasteiger partial charge in [0.15, 0.2) is 0 Å². The Bertz CT molecular complexity index is 198. The van der Waals surface area contributed by atoms with E-state index in [2.05, 4.69) is 17.6 Å². The summed E-state index contributed by atoms with van der Waals surface area (Å²) >= 11 is 0. The SMILES string of the molecule is CCCC1CC1NCC1CC(OC)CN1. The smallest absolute Gasteiger partial charge is 0.0711 e. The second-order valence-corrected chi connectivity index (χ2v) is 5.00. The van der Waals surface area contributed by atoms with Gasteiger partial charge in [-0.25, -0.2) is 0 Å². The fourth-order valence-electron chi connectivity index (χ4n) is 2.60. The van der Waals surface area contributed by atoms with Gasteiger partial charge >= 0.3 is 0 Å². The quantitative estimate of drug-likeness (QED) is 0.693. The van der Waals surface area contributed by atoms with E-state index in [1.54, 1.807) is 7.11 Å². The molecule has 0 spiro atoms. The minimum absolute atomic E-state index is 0.433. The van der Waals surface area contributed by atoms with E-state index in [0.717, 1.165) is 31.5 Å². The molecule has 15 heavy (non-hydrogen) atoms. The third-order valence-corrected chi connectivity index (χ3v) is 3.72. The van der Waals surface area contributed by atoms with E-state index >= 15 is 0 Å². The molecule has 0 aromatic carbocycles. The average molecular weight is 212 g/mol. The fraction of sp³-hybridized carbons (Fsp3) is 1.00. The summed E-state index contributed by atoms with van der Waals surface area (Å²) in [7, 11) is 1.81. The van der Waals surface area contributed by atoms with Crippen molar-refractivity contribution in [3.63, 3.8) is 0 Å². The summed E-state index contributed by atoms with van der Waals surface area (Å²) < 4.78 is 5.33. The van der Waals surface area contributed by atoms with Gasteiger partial charge in [0, 0.05) is 32.3 Å². The first-order chi connectivity index (χ1) is 7.33. The van der Waals surface area contributed by atoms with Crippen molar-refractivity contribution < 1.29 is 4.74 Å². The van der Waals surface area contributed by atoms with Crippen LogP contribution in [-0.2, 0) is 4.74 Å². The Labute approximate surface area is 93.0 Å². The monoisotopic (exact) mass is 212 g/mol. The highest BCUT2D eigenvalue weighted by molar-refractivity contribution is 4.94. The highest BCUT2D eigenvalue weighted by atomic mass is 16.5. The van der Waals surface area contributed by atoms with E-state index < -0.39 is 0 Å². The summed E-state index contributed by atoms with van der Waals surface area (Å²) in [5, 5.41) is 7.16. The third kappa shape index (κ3) is 3.16. The van der Waals surface area contributed by atoms with Crippen molar-refractivity contribution in [3.05, 3.63) is 0 Å². The van der Waals surface area contributed by atoms with E-state index in [1.165, 1.54) is 19.3 Å². The normalized spacial score (nSPS) is 39.6. The van der Waals surface area contributed by atoms with Crippen molar-refractivity contribution in [2.24, 2.45) is 5.92 Å². The van der Waals surface area contributed by atoms with Crippen LogP contribution in [0, 0.1) is 5.92 Å². The van der Waals surface area contributed by atoms with Crippen LogP contribution in [0.25, 0.3) is 0 Å². The minimum atomic E-state index is 0.433. The first kappa shape index (κ1) is 11.4. The van der Waals surface area contributed by atoms with Gasteiger partial charge in [0.25, 0.3) is 0 Å². The molecule has 0 aromatic rings. The van der Waals surface area contributed by atoms with E-state index in [0.29, 0.717) is 12.1 Å². The van der Waals surface area contributed by atoms with Crippen molar-refractivity contribution in [1.29, 1.82) is 0 Å². The fourth-order valence-corrected chi connectivity index (χ4v) is 2.60.